The van der Waals surface area contributed by atoms with Crippen LogP contribution >= 0.6 is 22.9 Å². The highest BCUT2D eigenvalue weighted by Crippen LogP contribution is 2.29. The first kappa shape index (κ1) is 20.9. The highest BCUT2D eigenvalue weighted by molar-refractivity contribution is 7.17. The number of rotatable bonds is 5. The number of hydrogen-bond acceptors (Lipinski definition) is 3. The molecule has 1 aromatic carbocycles. The summed E-state index contributed by atoms with van der Waals surface area (Å²) in [4.78, 5) is 15.2. The predicted molar refractivity (Wildman–Crippen MR) is 124 cm³/mol. The van der Waals surface area contributed by atoms with E-state index in [4.69, 9.17) is 11.6 Å². The average Bonchev–Trinajstić information content (AvgIpc) is 3.07. The van der Waals surface area contributed by atoms with Gasteiger partial charge < -0.3 is 5.32 Å². The Morgan fingerprint density at radius 2 is 2.00 bits per heavy atom. The van der Waals surface area contributed by atoms with Crippen LogP contribution in [0.4, 0.5) is 0 Å². The molecule has 2 aromatic rings. The van der Waals surface area contributed by atoms with E-state index < -0.39 is 0 Å². The molecule has 2 aliphatic rings. The molecule has 3 nitrogen and oxygen atoms in total. The van der Waals surface area contributed by atoms with Crippen molar-refractivity contribution in [3.63, 3.8) is 0 Å². The number of likely N-dealkylation sites (tertiary alicyclic amines) is 1. The first-order chi connectivity index (χ1) is 14.2. The van der Waals surface area contributed by atoms with Gasteiger partial charge in [-0.2, -0.15) is 0 Å². The van der Waals surface area contributed by atoms with Crippen molar-refractivity contribution in [3.05, 3.63) is 45.8 Å². The van der Waals surface area contributed by atoms with Gasteiger partial charge in [-0.3, -0.25) is 9.69 Å². The molecule has 1 aliphatic heterocycles. The molecule has 1 N–H and O–H groups in total. The summed E-state index contributed by atoms with van der Waals surface area (Å²) in [6, 6.07) is 6.22. The zero-order valence-electron chi connectivity index (χ0n) is 17.1. The fourth-order valence-corrected chi connectivity index (χ4v) is 5.68. The smallest absolute Gasteiger partial charge is 0.224 e. The molecular formula is C24H31ClN2OS. The van der Waals surface area contributed by atoms with Gasteiger partial charge in [-0.25, -0.2) is 0 Å². The highest BCUT2D eigenvalue weighted by atomic mass is 35.5. The number of amides is 1. The number of allylic oxidation sites excluding steroid dienone is 1. The van der Waals surface area contributed by atoms with Gasteiger partial charge in [0.1, 0.15) is 0 Å². The third-order valence-electron chi connectivity index (χ3n) is 6.23. The average molecular weight is 431 g/mol. The van der Waals surface area contributed by atoms with Gasteiger partial charge in [0.25, 0.3) is 0 Å². The van der Waals surface area contributed by atoms with Gasteiger partial charge in [-0.1, -0.05) is 36.1 Å². The van der Waals surface area contributed by atoms with Crippen LogP contribution in [0.5, 0.6) is 0 Å². The quantitative estimate of drug-likeness (QED) is 0.593. The van der Waals surface area contributed by atoms with E-state index in [0.29, 0.717) is 12.5 Å². The van der Waals surface area contributed by atoms with Crippen molar-refractivity contribution in [3.8, 4) is 0 Å². The van der Waals surface area contributed by atoms with Crippen LogP contribution in [0.3, 0.4) is 0 Å². The number of nitrogens with zero attached hydrogens (tertiary/aromatic N) is 1. The Hall–Kier alpha value is -1.36. The molecular weight excluding hydrogens is 400 g/mol. The number of thiophene rings is 1. The molecule has 0 radical (unpaired) electrons. The SMILES string of the molecule is O=C(Cc1csc2ccc(Cl)cc12)NC1CCN(C/C2=C/CCCCCC2)CC1. The van der Waals surface area contributed by atoms with Gasteiger partial charge in [-0.15, -0.1) is 11.3 Å². The van der Waals surface area contributed by atoms with Gasteiger partial charge in [0.2, 0.25) is 5.91 Å². The minimum Gasteiger partial charge on any atom is -0.353 e. The Bertz CT molecular complexity index is 867. The van der Waals surface area contributed by atoms with Crippen molar-refractivity contribution in [2.24, 2.45) is 0 Å². The van der Waals surface area contributed by atoms with E-state index in [0.717, 1.165) is 48.4 Å². The maximum absolute atomic E-state index is 12.6. The lowest BCUT2D eigenvalue weighted by molar-refractivity contribution is -0.121. The standard InChI is InChI=1S/C24H31ClN2OS/c25-20-8-9-23-22(15-20)19(17-29-23)14-24(28)26-21-10-12-27(13-11-21)16-18-6-4-2-1-3-5-7-18/h6,8-9,15,17,21H,1-5,7,10-14,16H2,(H,26,28)/b18-6+. The largest absolute Gasteiger partial charge is 0.353 e. The molecule has 1 aromatic heterocycles. The summed E-state index contributed by atoms with van der Waals surface area (Å²) in [6.45, 7) is 3.29. The van der Waals surface area contributed by atoms with Crippen LogP contribution in [0.2, 0.25) is 5.02 Å². The third-order valence-corrected chi connectivity index (χ3v) is 7.48. The van der Waals surface area contributed by atoms with Crippen LogP contribution in [-0.2, 0) is 11.2 Å². The van der Waals surface area contributed by atoms with Crippen molar-refractivity contribution < 1.29 is 4.79 Å². The van der Waals surface area contributed by atoms with Gasteiger partial charge in [0, 0.05) is 35.4 Å². The van der Waals surface area contributed by atoms with E-state index in [1.54, 1.807) is 16.9 Å². The second-order valence-electron chi connectivity index (χ2n) is 8.51. The molecule has 1 aliphatic carbocycles. The molecule has 156 valence electrons. The lowest BCUT2D eigenvalue weighted by Gasteiger charge is -2.33. The second kappa shape index (κ2) is 10.1. The normalized spacial score (nSPS) is 21.3. The first-order valence-corrected chi connectivity index (χ1v) is 12.3. The van der Waals surface area contributed by atoms with Gasteiger partial charge >= 0.3 is 0 Å². The summed E-state index contributed by atoms with van der Waals surface area (Å²) in [6.07, 6.45) is 13.0. The van der Waals surface area contributed by atoms with Crippen LogP contribution in [-0.4, -0.2) is 36.5 Å². The fourth-order valence-electron chi connectivity index (χ4n) is 4.57. The Morgan fingerprint density at radius 1 is 1.17 bits per heavy atom. The molecule has 0 spiro atoms. The number of carbonyl (C=O) groups is 1. The first-order valence-electron chi connectivity index (χ1n) is 11.0. The van der Waals surface area contributed by atoms with Crippen LogP contribution < -0.4 is 5.32 Å². The number of halogens is 1. The van der Waals surface area contributed by atoms with Crippen LogP contribution in [0.1, 0.15) is 56.9 Å². The molecule has 0 bridgehead atoms. The minimum atomic E-state index is 0.130. The van der Waals surface area contributed by atoms with Crippen molar-refractivity contribution in [2.75, 3.05) is 19.6 Å². The molecule has 2 heterocycles. The molecule has 0 saturated carbocycles. The lowest BCUT2D eigenvalue weighted by Crippen LogP contribution is -2.45. The van der Waals surface area contributed by atoms with Crippen LogP contribution in [0.15, 0.2) is 35.2 Å². The number of fused-ring (bicyclic) bond motifs is 1. The van der Waals surface area contributed by atoms with Crippen molar-refractivity contribution in [2.45, 2.75) is 63.8 Å². The molecule has 4 rings (SSSR count). The van der Waals surface area contributed by atoms with E-state index in [1.807, 2.05) is 18.2 Å². The number of piperidine rings is 1. The summed E-state index contributed by atoms with van der Waals surface area (Å²) < 4.78 is 1.19. The molecule has 1 saturated heterocycles. The summed E-state index contributed by atoms with van der Waals surface area (Å²) in [5.74, 6) is 0.130. The second-order valence-corrected chi connectivity index (χ2v) is 9.86. The zero-order valence-corrected chi connectivity index (χ0v) is 18.7. The maximum atomic E-state index is 12.6. The number of benzene rings is 1. The van der Waals surface area contributed by atoms with Crippen molar-refractivity contribution >= 4 is 38.9 Å². The van der Waals surface area contributed by atoms with Crippen LogP contribution in [0, 0.1) is 0 Å². The monoisotopic (exact) mass is 430 g/mol. The van der Waals surface area contributed by atoms with E-state index >= 15 is 0 Å². The van der Waals surface area contributed by atoms with Crippen molar-refractivity contribution in [1.29, 1.82) is 0 Å². The van der Waals surface area contributed by atoms with Crippen LogP contribution in [0.25, 0.3) is 10.1 Å². The summed E-state index contributed by atoms with van der Waals surface area (Å²) in [7, 11) is 0. The van der Waals surface area contributed by atoms with E-state index in [9.17, 15) is 4.79 Å². The van der Waals surface area contributed by atoms with E-state index in [2.05, 4.69) is 21.7 Å². The molecule has 29 heavy (non-hydrogen) atoms. The predicted octanol–water partition coefficient (Wildman–Crippen LogP) is 5.96. The summed E-state index contributed by atoms with van der Waals surface area (Å²) in [5.41, 5.74) is 2.72. The fraction of sp³-hybridized carbons (Fsp3) is 0.542. The summed E-state index contributed by atoms with van der Waals surface area (Å²) in [5, 5.41) is 7.20. The van der Waals surface area contributed by atoms with Gasteiger partial charge in [-0.05, 0) is 73.1 Å². The molecule has 1 amide bonds. The maximum Gasteiger partial charge on any atom is 0.224 e. The Morgan fingerprint density at radius 3 is 2.86 bits per heavy atom. The lowest BCUT2D eigenvalue weighted by atomic mass is 9.98. The molecule has 1 fully saturated rings. The van der Waals surface area contributed by atoms with Gasteiger partial charge in [0.05, 0.1) is 6.42 Å². The minimum absolute atomic E-state index is 0.130. The number of hydrogen-bond donors (Lipinski definition) is 1. The van der Waals surface area contributed by atoms with E-state index in [-0.39, 0.29) is 5.91 Å². The molecule has 0 unspecified atom stereocenters. The Balaban J connectivity index is 1.25. The summed E-state index contributed by atoms with van der Waals surface area (Å²) >= 11 is 7.82. The van der Waals surface area contributed by atoms with E-state index in [1.165, 1.54) is 43.2 Å². The van der Waals surface area contributed by atoms with Gasteiger partial charge in [0.15, 0.2) is 0 Å². The zero-order chi connectivity index (χ0) is 20.1. The Labute approximate surface area is 183 Å². The molecule has 5 heteroatoms. The number of carbonyl (C=O) groups excluding carboxylic acids is 1. The molecule has 0 atom stereocenters. The number of nitrogens with one attached hydrogen (secondary N) is 1. The topological polar surface area (TPSA) is 32.3 Å². The van der Waals surface area contributed by atoms with Crippen molar-refractivity contribution in [1.82, 2.24) is 10.2 Å². The third kappa shape index (κ3) is 5.84. The highest BCUT2D eigenvalue weighted by Gasteiger charge is 2.21. The Kier molecular flexibility index (Phi) is 7.28.